The lowest BCUT2D eigenvalue weighted by molar-refractivity contribution is 0.199. The topological polar surface area (TPSA) is 69.6 Å². The van der Waals surface area contributed by atoms with Gasteiger partial charge >= 0.3 is 0 Å². The Balaban J connectivity index is 1.96. The Labute approximate surface area is 113 Å². The summed E-state index contributed by atoms with van der Waals surface area (Å²) >= 11 is 3.39. The molecule has 0 aliphatic heterocycles. The zero-order valence-corrected chi connectivity index (χ0v) is 11.6. The maximum Gasteiger partial charge on any atom is 0.182 e. The van der Waals surface area contributed by atoms with E-state index in [0.717, 1.165) is 34.6 Å². The van der Waals surface area contributed by atoms with Crippen molar-refractivity contribution in [1.82, 2.24) is 20.2 Å². The number of nitrogens with two attached hydrogens (primary N) is 1. The van der Waals surface area contributed by atoms with Crippen LogP contribution in [0.25, 0.3) is 11.4 Å². The van der Waals surface area contributed by atoms with Crippen molar-refractivity contribution in [2.24, 2.45) is 5.92 Å². The highest BCUT2D eigenvalue weighted by atomic mass is 79.9. The number of anilines is 1. The van der Waals surface area contributed by atoms with Crippen LogP contribution >= 0.6 is 15.9 Å². The van der Waals surface area contributed by atoms with E-state index in [-0.39, 0.29) is 0 Å². The Kier molecular flexibility index (Phi) is 2.81. The van der Waals surface area contributed by atoms with Crippen molar-refractivity contribution in [3.05, 3.63) is 22.7 Å². The maximum atomic E-state index is 5.90. The molecule has 1 aromatic heterocycles. The lowest BCUT2D eigenvalue weighted by Crippen LogP contribution is -2.26. The van der Waals surface area contributed by atoms with Gasteiger partial charge in [-0.2, -0.15) is 0 Å². The molecule has 1 aliphatic rings. The first kappa shape index (κ1) is 11.6. The van der Waals surface area contributed by atoms with E-state index in [1.807, 2.05) is 22.9 Å². The molecule has 1 aromatic carbocycles. The summed E-state index contributed by atoms with van der Waals surface area (Å²) < 4.78 is 2.81. The predicted molar refractivity (Wildman–Crippen MR) is 72.8 cm³/mol. The molecular formula is C12H14BrN5. The van der Waals surface area contributed by atoms with Crippen LogP contribution in [0.2, 0.25) is 0 Å². The van der Waals surface area contributed by atoms with E-state index in [2.05, 4.69) is 38.4 Å². The van der Waals surface area contributed by atoms with Crippen LogP contribution in [0.5, 0.6) is 0 Å². The first-order valence-electron chi connectivity index (χ1n) is 5.98. The van der Waals surface area contributed by atoms with Gasteiger partial charge in [-0.1, -0.05) is 6.92 Å². The fourth-order valence-electron chi connectivity index (χ4n) is 2.37. The second kappa shape index (κ2) is 4.35. The highest BCUT2D eigenvalue weighted by Crippen LogP contribution is 2.38. The van der Waals surface area contributed by atoms with Crippen LogP contribution in [0.1, 0.15) is 25.8 Å². The molecule has 1 fully saturated rings. The molecular weight excluding hydrogens is 294 g/mol. The van der Waals surface area contributed by atoms with E-state index in [0.29, 0.717) is 11.7 Å². The number of aromatic nitrogens is 4. The number of tetrazole rings is 1. The molecule has 94 valence electrons. The van der Waals surface area contributed by atoms with Gasteiger partial charge in [-0.25, -0.2) is 4.68 Å². The second-order valence-electron chi connectivity index (χ2n) is 4.91. The lowest BCUT2D eigenvalue weighted by atomic mass is 9.82. The molecule has 0 atom stereocenters. The summed E-state index contributed by atoms with van der Waals surface area (Å²) in [7, 11) is 0. The third-order valence-electron chi connectivity index (χ3n) is 3.44. The van der Waals surface area contributed by atoms with Gasteiger partial charge < -0.3 is 5.73 Å². The van der Waals surface area contributed by atoms with Crippen molar-refractivity contribution >= 4 is 21.6 Å². The quantitative estimate of drug-likeness (QED) is 0.866. The Hall–Kier alpha value is -1.43. The van der Waals surface area contributed by atoms with Gasteiger partial charge in [-0.05, 0) is 63.3 Å². The molecule has 2 aromatic rings. The molecule has 2 N–H and O–H groups in total. The summed E-state index contributed by atoms with van der Waals surface area (Å²) in [6.45, 7) is 2.25. The van der Waals surface area contributed by atoms with Crippen molar-refractivity contribution in [2.45, 2.75) is 25.8 Å². The number of nitrogens with zero attached hydrogens (tertiary/aromatic N) is 4. The molecule has 18 heavy (non-hydrogen) atoms. The van der Waals surface area contributed by atoms with Crippen molar-refractivity contribution in [3.8, 4) is 11.4 Å². The normalized spacial score (nSPS) is 22.8. The summed E-state index contributed by atoms with van der Waals surface area (Å²) in [5.41, 5.74) is 7.55. The minimum absolute atomic E-state index is 0.426. The molecule has 0 unspecified atom stereocenters. The van der Waals surface area contributed by atoms with Crippen molar-refractivity contribution in [2.75, 3.05) is 5.73 Å². The average Bonchev–Trinajstić information content (AvgIpc) is 2.77. The van der Waals surface area contributed by atoms with Crippen molar-refractivity contribution < 1.29 is 0 Å². The van der Waals surface area contributed by atoms with Gasteiger partial charge in [0.05, 0.1) is 6.04 Å². The highest BCUT2D eigenvalue weighted by molar-refractivity contribution is 9.10. The largest absolute Gasteiger partial charge is 0.398 e. The Morgan fingerprint density at radius 1 is 1.39 bits per heavy atom. The third kappa shape index (κ3) is 1.90. The van der Waals surface area contributed by atoms with Crippen LogP contribution in [0.4, 0.5) is 5.69 Å². The summed E-state index contributed by atoms with van der Waals surface area (Å²) in [4.78, 5) is 0. The van der Waals surface area contributed by atoms with Crippen molar-refractivity contribution in [1.29, 1.82) is 0 Å². The summed E-state index contributed by atoms with van der Waals surface area (Å²) in [6.07, 6.45) is 2.29. The van der Waals surface area contributed by atoms with Gasteiger partial charge in [0.2, 0.25) is 0 Å². The molecule has 1 saturated carbocycles. The predicted octanol–water partition coefficient (Wildman–Crippen LogP) is 2.66. The van der Waals surface area contributed by atoms with E-state index in [1.165, 1.54) is 0 Å². The monoisotopic (exact) mass is 307 g/mol. The van der Waals surface area contributed by atoms with Gasteiger partial charge in [0.15, 0.2) is 5.82 Å². The minimum Gasteiger partial charge on any atom is -0.398 e. The van der Waals surface area contributed by atoms with E-state index in [4.69, 9.17) is 5.73 Å². The zero-order chi connectivity index (χ0) is 12.7. The number of halogens is 1. The van der Waals surface area contributed by atoms with E-state index in [9.17, 15) is 0 Å². The molecule has 0 amide bonds. The Bertz CT molecular complexity index is 574. The van der Waals surface area contributed by atoms with Crippen LogP contribution in [-0.4, -0.2) is 20.2 Å². The van der Waals surface area contributed by atoms with Gasteiger partial charge in [-0.15, -0.1) is 5.10 Å². The van der Waals surface area contributed by atoms with Gasteiger partial charge in [-0.3, -0.25) is 0 Å². The van der Waals surface area contributed by atoms with Gasteiger partial charge in [0.1, 0.15) is 0 Å². The lowest BCUT2D eigenvalue weighted by Gasteiger charge is -2.32. The first-order chi connectivity index (χ1) is 8.65. The van der Waals surface area contributed by atoms with E-state index < -0.39 is 0 Å². The molecule has 6 heteroatoms. The Morgan fingerprint density at radius 2 is 2.17 bits per heavy atom. The maximum absolute atomic E-state index is 5.90. The SMILES string of the molecule is CC1CC(n2nnnc2-c2ccc(Br)c(N)c2)C1. The highest BCUT2D eigenvalue weighted by Gasteiger charge is 2.30. The van der Waals surface area contributed by atoms with Crippen LogP contribution < -0.4 is 5.73 Å². The number of hydrogen-bond acceptors (Lipinski definition) is 4. The first-order valence-corrected chi connectivity index (χ1v) is 6.77. The number of rotatable bonds is 2. The molecule has 1 aliphatic carbocycles. The molecule has 0 bridgehead atoms. The van der Waals surface area contributed by atoms with Crippen LogP contribution in [0.3, 0.4) is 0 Å². The molecule has 0 radical (unpaired) electrons. The number of benzene rings is 1. The smallest absolute Gasteiger partial charge is 0.182 e. The van der Waals surface area contributed by atoms with Crippen LogP contribution in [0.15, 0.2) is 22.7 Å². The van der Waals surface area contributed by atoms with Crippen LogP contribution in [0, 0.1) is 5.92 Å². The summed E-state index contributed by atoms with van der Waals surface area (Å²) in [6, 6.07) is 6.22. The summed E-state index contributed by atoms with van der Waals surface area (Å²) in [5.74, 6) is 1.56. The Morgan fingerprint density at radius 3 is 2.83 bits per heavy atom. The molecule has 1 heterocycles. The molecule has 3 rings (SSSR count). The average molecular weight is 308 g/mol. The standard InChI is InChI=1S/C12H14BrN5/c1-7-4-9(5-7)18-12(15-16-17-18)8-2-3-10(13)11(14)6-8/h2-3,6-7,9H,4-5,14H2,1H3. The van der Waals surface area contributed by atoms with Crippen LogP contribution in [-0.2, 0) is 0 Å². The van der Waals surface area contributed by atoms with Gasteiger partial charge in [0.25, 0.3) is 0 Å². The second-order valence-corrected chi connectivity index (χ2v) is 5.77. The molecule has 5 nitrogen and oxygen atoms in total. The minimum atomic E-state index is 0.426. The fourth-order valence-corrected chi connectivity index (χ4v) is 2.62. The van der Waals surface area contributed by atoms with E-state index >= 15 is 0 Å². The molecule has 0 saturated heterocycles. The van der Waals surface area contributed by atoms with Crippen molar-refractivity contribution in [3.63, 3.8) is 0 Å². The third-order valence-corrected chi connectivity index (χ3v) is 4.16. The van der Waals surface area contributed by atoms with E-state index in [1.54, 1.807) is 0 Å². The van der Waals surface area contributed by atoms with Gasteiger partial charge in [0, 0.05) is 15.7 Å². The number of nitrogen functional groups attached to an aromatic ring is 1. The summed E-state index contributed by atoms with van der Waals surface area (Å²) in [5, 5.41) is 12.0. The fraction of sp³-hybridized carbons (Fsp3) is 0.417. The molecule has 0 spiro atoms. The number of hydrogen-bond donors (Lipinski definition) is 1. The zero-order valence-electron chi connectivity index (χ0n) is 10.0.